The quantitative estimate of drug-likeness (QED) is 0.402. The molecule has 0 aromatic heterocycles. The van der Waals surface area contributed by atoms with E-state index < -0.39 is 36.6 Å². The Balaban J connectivity index is 1.56. The van der Waals surface area contributed by atoms with E-state index in [9.17, 15) is 24.0 Å². The summed E-state index contributed by atoms with van der Waals surface area (Å²) in [5.41, 5.74) is 1.36. The molecule has 0 unspecified atom stereocenters. The fourth-order valence-corrected chi connectivity index (χ4v) is 3.94. The first-order valence-electron chi connectivity index (χ1n) is 11.3. The van der Waals surface area contributed by atoms with Crippen LogP contribution < -0.4 is 10.2 Å². The van der Waals surface area contributed by atoms with E-state index in [4.69, 9.17) is 9.47 Å². The van der Waals surface area contributed by atoms with Crippen molar-refractivity contribution in [2.75, 3.05) is 44.8 Å². The van der Waals surface area contributed by atoms with Crippen molar-refractivity contribution in [2.24, 2.45) is 0 Å². The van der Waals surface area contributed by atoms with Crippen LogP contribution in [0, 0.1) is 5.82 Å². The molecule has 1 N–H and O–H groups in total. The van der Waals surface area contributed by atoms with Gasteiger partial charge in [0.1, 0.15) is 5.82 Å². The third-order valence-electron chi connectivity index (χ3n) is 5.88. The first-order chi connectivity index (χ1) is 17.1. The van der Waals surface area contributed by atoms with E-state index in [0.29, 0.717) is 43.0 Å². The summed E-state index contributed by atoms with van der Waals surface area (Å²) in [6.45, 7) is 3.82. The summed E-state index contributed by atoms with van der Waals surface area (Å²) >= 11 is 0. The van der Waals surface area contributed by atoms with Gasteiger partial charge in [0.05, 0.1) is 31.2 Å². The van der Waals surface area contributed by atoms with Gasteiger partial charge >= 0.3 is 17.9 Å². The van der Waals surface area contributed by atoms with Gasteiger partial charge in [-0.05, 0) is 24.6 Å². The molecule has 1 atom stereocenters. The molecular weight excluding hydrogens is 477 g/mol. The topological polar surface area (TPSA) is 132 Å². The van der Waals surface area contributed by atoms with Crippen molar-refractivity contribution in [3.8, 4) is 0 Å². The Morgan fingerprint density at radius 2 is 1.78 bits per heavy atom. The lowest BCUT2D eigenvalue weighted by molar-refractivity contribution is -0.154. The number of ether oxygens (including phenoxy) is 3. The van der Waals surface area contributed by atoms with Crippen LogP contribution in [0.2, 0.25) is 0 Å². The predicted molar refractivity (Wildman–Crippen MR) is 124 cm³/mol. The molecule has 2 heterocycles. The second-order valence-corrected chi connectivity index (χ2v) is 8.31. The van der Waals surface area contributed by atoms with Crippen molar-refractivity contribution < 1.29 is 42.6 Å². The van der Waals surface area contributed by atoms with Crippen LogP contribution in [0.15, 0.2) is 23.8 Å². The normalized spacial score (nSPS) is 17.6. The summed E-state index contributed by atoms with van der Waals surface area (Å²) in [4.78, 5) is 62.0. The molecule has 1 saturated heterocycles. The first kappa shape index (κ1) is 26.6. The summed E-state index contributed by atoms with van der Waals surface area (Å²) in [5, 5.41) is 2.52. The van der Waals surface area contributed by atoms with Crippen molar-refractivity contribution in [1.29, 1.82) is 0 Å². The van der Waals surface area contributed by atoms with Gasteiger partial charge < -0.3 is 29.3 Å². The smallest absolute Gasteiger partial charge is 0.341 e. The minimum Gasteiger partial charge on any atom is -0.469 e. The van der Waals surface area contributed by atoms with Crippen LogP contribution in [-0.4, -0.2) is 80.7 Å². The minimum absolute atomic E-state index is 0.125. The zero-order valence-corrected chi connectivity index (χ0v) is 20.3. The van der Waals surface area contributed by atoms with E-state index in [1.165, 1.54) is 25.0 Å². The maximum atomic E-state index is 15.0. The number of nitrogens with zero attached hydrogens (tertiary/aromatic N) is 2. The molecule has 0 bridgehead atoms. The highest BCUT2D eigenvalue weighted by atomic mass is 19.1. The summed E-state index contributed by atoms with van der Waals surface area (Å²) in [6.07, 6.45) is -1.18. The number of hydrogen-bond acceptors (Lipinski definition) is 9. The van der Waals surface area contributed by atoms with Crippen molar-refractivity contribution in [3.63, 3.8) is 0 Å². The molecule has 2 aliphatic rings. The lowest BCUT2D eigenvalue weighted by Gasteiger charge is -2.36. The van der Waals surface area contributed by atoms with Gasteiger partial charge in [-0.3, -0.25) is 19.2 Å². The average Bonchev–Trinajstić information content (AvgIpc) is 3.12. The van der Waals surface area contributed by atoms with Crippen LogP contribution in [0.25, 0.3) is 5.57 Å². The number of cyclic esters (lactones) is 1. The van der Waals surface area contributed by atoms with Gasteiger partial charge in [-0.15, -0.1) is 0 Å². The van der Waals surface area contributed by atoms with Gasteiger partial charge in [0, 0.05) is 38.7 Å². The lowest BCUT2D eigenvalue weighted by Crippen LogP contribution is -2.50. The van der Waals surface area contributed by atoms with Crippen molar-refractivity contribution in [1.82, 2.24) is 10.2 Å². The predicted octanol–water partition coefficient (Wildman–Crippen LogP) is 0.763. The standard InChI is InChI=1S/C24H28FN3O8/c1-14-22(24(33)36-23(14)26-15(2)29)16-4-5-18(17(25)12-16)27-8-10-28(11-9-27)19(30)13-35-21(32)7-6-20(31)34-3/h4-5,12,23H,6-11,13H2,1-3H3,(H,26,29)/t23-/m1/s1. The first-order valence-corrected chi connectivity index (χ1v) is 11.3. The maximum absolute atomic E-state index is 15.0. The van der Waals surface area contributed by atoms with E-state index in [2.05, 4.69) is 10.1 Å². The number of benzene rings is 1. The van der Waals surface area contributed by atoms with Crippen LogP contribution in [0.3, 0.4) is 0 Å². The Kier molecular flexibility index (Phi) is 8.62. The summed E-state index contributed by atoms with van der Waals surface area (Å²) < 4.78 is 29.5. The van der Waals surface area contributed by atoms with Gasteiger partial charge in [0.15, 0.2) is 12.8 Å². The third-order valence-corrected chi connectivity index (χ3v) is 5.88. The highest BCUT2D eigenvalue weighted by Gasteiger charge is 2.33. The zero-order chi connectivity index (χ0) is 26.4. The van der Waals surface area contributed by atoms with E-state index in [1.54, 1.807) is 24.0 Å². The Bertz CT molecular complexity index is 1090. The van der Waals surface area contributed by atoms with E-state index in [0.717, 1.165) is 0 Å². The number of halogens is 1. The monoisotopic (exact) mass is 505 g/mol. The fraction of sp³-hybridized carbons (Fsp3) is 0.458. The van der Waals surface area contributed by atoms with Gasteiger partial charge in [0.25, 0.3) is 5.91 Å². The fourth-order valence-electron chi connectivity index (χ4n) is 3.94. The molecule has 12 heteroatoms. The lowest BCUT2D eigenvalue weighted by atomic mass is 10.0. The second kappa shape index (κ2) is 11.6. The number of carbonyl (C=O) groups excluding carboxylic acids is 5. The van der Waals surface area contributed by atoms with Gasteiger partial charge in [-0.25, -0.2) is 9.18 Å². The Morgan fingerprint density at radius 3 is 2.39 bits per heavy atom. The molecule has 1 fully saturated rings. The SMILES string of the molecule is COC(=O)CCC(=O)OCC(=O)N1CCN(c2ccc(C3=C(C)[C@H](NC(C)=O)OC3=O)cc2F)CC1. The molecule has 0 spiro atoms. The maximum Gasteiger partial charge on any atom is 0.341 e. The molecule has 1 aromatic rings. The largest absolute Gasteiger partial charge is 0.469 e. The molecule has 0 radical (unpaired) electrons. The molecule has 3 rings (SSSR count). The molecule has 11 nitrogen and oxygen atoms in total. The Labute approximate surface area is 207 Å². The molecule has 36 heavy (non-hydrogen) atoms. The van der Waals surface area contributed by atoms with Crippen LogP contribution in [0.1, 0.15) is 32.3 Å². The number of rotatable bonds is 8. The minimum atomic E-state index is -0.884. The highest BCUT2D eigenvalue weighted by Crippen LogP contribution is 2.32. The van der Waals surface area contributed by atoms with Crippen molar-refractivity contribution in [2.45, 2.75) is 32.9 Å². The molecule has 194 valence electrons. The van der Waals surface area contributed by atoms with Gasteiger partial charge in [0.2, 0.25) is 5.91 Å². The number of esters is 3. The number of hydrogen-bond donors (Lipinski definition) is 1. The molecule has 0 aliphatic carbocycles. The Morgan fingerprint density at radius 1 is 1.11 bits per heavy atom. The van der Waals surface area contributed by atoms with E-state index in [-0.39, 0.29) is 30.2 Å². The van der Waals surface area contributed by atoms with Gasteiger partial charge in [-0.2, -0.15) is 0 Å². The molecule has 2 aliphatic heterocycles. The molecule has 0 saturated carbocycles. The number of methoxy groups -OCH3 is 1. The Hall–Kier alpha value is -3.96. The molecular formula is C24H28FN3O8. The number of piperazine rings is 1. The third kappa shape index (κ3) is 6.37. The van der Waals surface area contributed by atoms with E-state index in [1.807, 2.05) is 0 Å². The molecule has 1 aromatic carbocycles. The van der Waals surface area contributed by atoms with Crippen LogP contribution in [0.5, 0.6) is 0 Å². The van der Waals surface area contributed by atoms with Crippen molar-refractivity contribution in [3.05, 3.63) is 35.2 Å². The number of anilines is 1. The van der Waals surface area contributed by atoms with Gasteiger partial charge in [-0.1, -0.05) is 6.07 Å². The number of amides is 2. The van der Waals surface area contributed by atoms with Crippen LogP contribution in [0.4, 0.5) is 10.1 Å². The zero-order valence-electron chi connectivity index (χ0n) is 20.3. The second-order valence-electron chi connectivity index (χ2n) is 8.31. The molecule has 2 amide bonds. The highest BCUT2D eigenvalue weighted by molar-refractivity contribution is 6.19. The van der Waals surface area contributed by atoms with E-state index >= 15 is 4.39 Å². The summed E-state index contributed by atoms with van der Waals surface area (Å²) in [5.74, 6) is -3.13. The summed E-state index contributed by atoms with van der Waals surface area (Å²) in [7, 11) is 1.21. The van der Waals surface area contributed by atoms with Crippen LogP contribution in [-0.2, 0) is 38.2 Å². The number of carbonyl (C=O) groups is 5. The van der Waals surface area contributed by atoms with Crippen LogP contribution >= 0.6 is 0 Å². The number of nitrogens with one attached hydrogen (secondary N) is 1. The summed E-state index contributed by atoms with van der Waals surface area (Å²) in [6, 6.07) is 4.42. The average molecular weight is 505 g/mol. The van der Waals surface area contributed by atoms with Crippen molar-refractivity contribution >= 4 is 41.0 Å².